The van der Waals surface area contributed by atoms with E-state index in [4.69, 9.17) is 10.00 Å². The van der Waals surface area contributed by atoms with Crippen molar-refractivity contribution in [2.75, 3.05) is 0 Å². The molecule has 96 valence electrons. The van der Waals surface area contributed by atoms with Crippen molar-refractivity contribution < 1.29 is 4.74 Å². The number of rotatable bonds is 5. The van der Waals surface area contributed by atoms with Crippen molar-refractivity contribution >= 4 is 0 Å². The molecule has 0 atom stereocenters. The number of aromatic nitrogens is 1. The van der Waals surface area contributed by atoms with Crippen molar-refractivity contribution in [3.8, 4) is 17.6 Å². The van der Waals surface area contributed by atoms with Gasteiger partial charge in [0, 0.05) is 12.3 Å². The van der Waals surface area contributed by atoms with Gasteiger partial charge in [0.05, 0.1) is 0 Å². The Morgan fingerprint density at radius 2 is 1.95 bits per heavy atom. The lowest BCUT2D eigenvalue weighted by Gasteiger charge is -2.06. The normalized spacial score (nSPS) is 9.89. The molecule has 0 aliphatic heterocycles. The number of aryl methyl sites for hydroxylation is 1. The van der Waals surface area contributed by atoms with Gasteiger partial charge >= 0.3 is 0 Å². The molecule has 1 aromatic carbocycles. The molecule has 0 unspecified atom stereocenters. The number of nitrogens with zero attached hydrogens (tertiary/aromatic N) is 2. The van der Waals surface area contributed by atoms with Crippen LogP contribution in [0.2, 0.25) is 0 Å². The molecule has 1 heterocycles. The van der Waals surface area contributed by atoms with Gasteiger partial charge in [-0.05, 0) is 36.6 Å². The smallest absolute Gasteiger partial charge is 0.144 e. The van der Waals surface area contributed by atoms with Gasteiger partial charge in [-0.15, -0.1) is 0 Å². The maximum Gasteiger partial charge on any atom is 0.144 e. The lowest BCUT2D eigenvalue weighted by molar-refractivity contribution is 0.481. The molecule has 0 bridgehead atoms. The van der Waals surface area contributed by atoms with Gasteiger partial charge in [0.15, 0.2) is 0 Å². The van der Waals surface area contributed by atoms with E-state index in [1.54, 1.807) is 18.3 Å². The van der Waals surface area contributed by atoms with E-state index in [2.05, 4.69) is 24.0 Å². The summed E-state index contributed by atoms with van der Waals surface area (Å²) < 4.78 is 5.69. The zero-order chi connectivity index (χ0) is 13.5. The van der Waals surface area contributed by atoms with Gasteiger partial charge in [0.1, 0.15) is 23.3 Å². The molecular formula is C16H16N2O. The summed E-state index contributed by atoms with van der Waals surface area (Å²) >= 11 is 0. The number of pyridine rings is 1. The van der Waals surface area contributed by atoms with Crippen LogP contribution in [0.3, 0.4) is 0 Å². The van der Waals surface area contributed by atoms with E-state index in [0.717, 1.165) is 12.2 Å². The van der Waals surface area contributed by atoms with Crippen molar-refractivity contribution in [1.82, 2.24) is 4.98 Å². The molecule has 3 heteroatoms. The van der Waals surface area contributed by atoms with Crippen LogP contribution in [0.4, 0.5) is 0 Å². The maximum absolute atomic E-state index is 8.78. The van der Waals surface area contributed by atoms with E-state index in [1.807, 2.05) is 18.2 Å². The van der Waals surface area contributed by atoms with E-state index in [0.29, 0.717) is 11.4 Å². The first-order valence-corrected chi connectivity index (χ1v) is 6.45. The van der Waals surface area contributed by atoms with Crippen LogP contribution in [0, 0.1) is 11.3 Å². The van der Waals surface area contributed by atoms with Gasteiger partial charge in [0.2, 0.25) is 0 Å². The third kappa shape index (κ3) is 3.82. The van der Waals surface area contributed by atoms with E-state index in [1.165, 1.54) is 18.4 Å². The van der Waals surface area contributed by atoms with Gasteiger partial charge in [0.25, 0.3) is 0 Å². The standard InChI is InChI=1S/C16H16N2O/c1-2-3-4-13-5-7-15(8-6-13)19-16-9-10-18-14(11-16)12-17/h5-11H,2-4H2,1H3. The monoisotopic (exact) mass is 252 g/mol. The molecule has 0 amide bonds. The number of hydrogen-bond donors (Lipinski definition) is 0. The lowest BCUT2D eigenvalue weighted by Crippen LogP contribution is -1.89. The number of ether oxygens (including phenoxy) is 1. The minimum Gasteiger partial charge on any atom is -0.457 e. The Morgan fingerprint density at radius 3 is 2.63 bits per heavy atom. The molecular weight excluding hydrogens is 236 g/mol. The van der Waals surface area contributed by atoms with Gasteiger partial charge in [-0.1, -0.05) is 25.5 Å². The summed E-state index contributed by atoms with van der Waals surface area (Å²) in [5.41, 5.74) is 1.68. The van der Waals surface area contributed by atoms with E-state index >= 15 is 0 Å². The average molecular weight is 252 g/mol. The van der Waals surface area contributed by atoms with Crippen molar-refractivity contribution in [3.05, 3.63) is 53.9 Å². The molecule has 0 aliphatic carbocycles. The first-order chi connectivity index (χ1) is 9.31. The van der Waals surface area contributed by atoms with Crippen LogP contribution in [0.5, 0.6) is 11.5 Å². The second kappa shape index (κ2) is 6.55. The van der Waals surface area contributed by atoms with Crippen LogP contribution in [-0.4, -0.2) is 4.98 Å². The molecule has 2 rings (SSSR count). The molecule has 19 heavy (non-hydrogen) atoms. The predicted octanol–water partition coefficient (Wildman–Crippen LogP) is 4.09. The fourth-order valence-electron chi connectivity index (χ4n) is 1.78. The van der Waals surface area contributed by atoms with Gasteiger partial charge < -0.3 is 4.74 Å². The Hall–Kier alpha value is -2.34. The average Bonchev–Trinajstić information content (AvgIpc) is 2.47. The van der Waals surface area contributed by atoms with Gasteiger partial charge in [-0.2, -0.15) is 5.26 Å². The Labute approximate surface area is 113 Å². The molecule has 0 fully saturated rings. The van der Waals surface area contributed by atoms with Gasteiger partial charge in [-0.25, -0.2) is 4.98 Å². The minimum absolute atomic E-state index is 0.358. The van der Waals surface area contributed by atoms with Crippen LogP contribution in [0.1, 0.15) is 31.0 Å². The molecule has 0 radical (unpaired) electrons. The first-order valence-electron chi connectivity index (χ1n) is 6.45. The third-order valence-electron chi connectivity index (χ3n) is 2.82. The SMILES string of the molecule is CCCCc1ccc(Oc2ccnc(C#N)c2)cc1. The molecule has 3 nitrogen and oxygen atoms in total. The molecule has 0 N–H and O–H groups in total. The Morgan fingerprint density at radius 1 is 1.16 bits per heavy atom. The number of unbranched alkanes of at least 4 members (excludes halogenated alkanes) is 1. The summed E-state index contributed by atoms with van der Waals surface area (Å²) in [5.74, 6) is 1.41. The highest BCUT2D eigenvalue weighted by Crippen LogP contribution is 2.22. The Bertz CT molecular complexity index is 570. The molecule has 0 aliphatic rings. The first kappa shape index (κ1) is 13.1. The highest BCUT2D eigenvalue weighted by Gasteiger charge is 2.00. The van der Waals surface area contributed by atoms with Crippen molar-refractivity contribution in [2.45, 2.75) is 26.2 Å². The summed E-state index contributed by atoms with van der Waals surface area (Å²) in [6.07, 6.45) is 5.08. The fourth-order valence-corrected chi connectivity index (χ4v) is 1.78. The quantitative estimate of drug-likeness (QED) is 0.805. The van der Waals surface area contributed by atoms with Crippen LogP contribution in [0.25, 0.3) is 0 Å². The van der Waals surface area contributed by atoms with Crippen LogP contribution < -0.4 is 4.74 Å². The van der Waals surface area contributed by atoms with Gasteiger partial charge in [-0.3, -0.25) is 0 Å². The molecule has 0 spiro atoms. The maximum atomic E-state index is 8.78. The van der Waals surface area contributed by atoms with Crippen LogP contribution in [0.15, 0.2) is 42.6 Å². The number of hydrogen-bond acceptors (Lipinski definition) is 3. The van der Waals surface area contributed by atoms with E-state index in [-0.39, 0.29) is 0 Å². The second-order valence-electron chi connectivity index (χ2n) is 4.34. The molecule has 1 aromatic heterocycles. The highest BCUT2D eigenvalue weighted by molar-refractivity contribution is 5.35. The topological polar surface area (TPSA) is 45.9 Å². The zero-order valence-electron chi connectivity index (χ0n) is 11.0. The van der Waals surface area contributed by atoms with Crippen LogP contribution >= 0.6 is 0 Å². The van der Waals surface area contributed by atoms with Crippen molar-refractivity contribution in [2.24, 2.45) is 0 Å². The summed E-state index contributed by atoms with van der Waals surface area (Å²) in [7, 11) is 0. The highest BCUT2D eigenvalue weighted by atomic mass is 16.5. The third-order valence-corrected chi connectivity index (χ3v) is 2.82. The predicted molar refractivity (Wildman–Crippen MR) is 74.1 cm³/mol. The van der Waals surface area contributed by atoms with Crippen molar-refractivity contribution in [3.63, 3.8) is 0 Å². The summed E-state index contributed by atoms with van der Waals surface area (Å²) in [5, 5.41) is 8.78. The number of nitriles is 1. The molecule has 2 aromatic rings. The molecule has 0 saturated carbocycles. The minimum atomic E-state index is 0.358. The number of benzene rings is 1. The summed E-state index contributed by atoms with van der Waals surface area (Å²) in [6.45, 7) is 2.19. The van der Waals surface area contributed by atoms with Crippen LogP contribution in [-0.2, 0) is 6.42 Å². The summed E-state index contributed by atoms with van der Waals surface area (Å²) in [4.78, 5) is 3.91. The summed E-state index contributed by atoms with van der Waals surface area (Å²) in [6, 6.07) is 13.4. The lowest BCUT2D eigenvalue weighted by atomic mass is 10.1. The molecule has 0 saturated heterocycles. The Balaban J connectivity index is 2.04. The second-order valence-corrected chi connectivity index (χ2v) is 4.34. The Kier molecular flexibility index (Phi) is 4.52. The van der Waals surface area contributed by atoms with E-state index in [9.17, 15) is 0 Å². The van der Waals surface area contributed by atoms with E-state index < -0.39 is 0 Å². The van der Waals surface area contributed by atoms with Crippen molar-refractivity contribution in [1.29, 1.82) is 5.26 Å². The fraction of sp³-hybridized carbons (Fsp3) is 0.250. The largest absolute Gasteiger partial charge is 0.457 e. The zero-order valence-corrected chi connectivity index (χ0v) is 11.0.